The number of rotatable bonds is 6. The van der Waals surface area contributed by atoms with Gasteiger partial charge >= 0.3 is 0 Å². The van der Waals surface area contributed by atoms with Gasteiger partial charge in [-0.15, -0.1) is 0 Å². The van der Waals surface area contributed by atoms with Gasteiger partial charge in [0.25, 0.3) is 5.91 Å². The normalized spacial score (nSPS) is 16.8. The Bertz CT molecular complexity index is 1150. The molecule has 1 saturated heterocycles. The summed E-state index contributed by atoms with van der Waals surface area (Å²) in [6, 6.07) is 9.43. The monoisotopic (exact) mass is 466 g/mol. The van der Waals surface area contributed by atoms with Crippen molar-refractivity contribution in [3.63, 3.8) is 0 Å². The molecular weight excluding hydrogens is 444 g/mol. The van der Waals surface area contributed by atoms with Crippen LogP contribution in [0.1, 0.15) is 29.8 Å². The topological polar surface area (TPSA) is 102 Å². The second-order valence-electron chi connectivity index (χ2n) is 7.75. The van der Waals surface area contributed by atoms with Crippen molar-refractivity contribution in [2.24, 2.45) is 5.41 Å². The Morgan fingerprint density at radius 2 is 1.81 bits per heavy atom. The number of amides is 2. The minimum absolute atomic E-state index is 0.0315. The van der Waals surface area contributed by atoms with E-state index in [1.165, 1.54) is 32.4 Å². The fourth-order valence-electron chi connectivity index (χ4n) is 3.33. The SMILES string of the molecule is COc1ccc(CNC(=O)c2ccc(Cl)c(N3C(=O)C(C)(C)CS3(=O)=O)c2)cc1OC. The number of nitrogens with zero attached hydrogens (tertiary/aromatic N) is 1. The standard InChI is InChI=1S/C21H23ClN2O6S/c1-21(2)12-31(27,28)24(20(21)26)16-10-14(6-7-15(16)22)19(25)23-11-13-5-8-17(29-3)18(9-13)30-4/h5-10H,11-12H2,1-4H3,(H,23,25). The van der Waals surface area contributed by atoms with Gasteiger partial charge in [-0.3, -0.25) is 9.59 Å². The average Bonchev–Trinajstić information content (AvgIpc) is 2.88. The third kappa shape index (κ3) is 4.47. The summed E-state index contributed by atoms with van der Waals surface area (Å²) in [6.45, 7) is 3.31. The fourth-order valence-corrected chi connectivity index (χ4v) is 5.69. The van der Waals surface area contributed by atoms with Gasteiger partial charge in [-0.2, -0.15) is 0 Å². The van der Waals surface area contributed by atoms with Crippen molar-refractivity contribution in [2.75, 3.05) is 24.3 Å². The van der Waals surface area contributed by atoms with Gasteiger partial charge in [0.1, 0.15) is 0 Å². The molecule has 2 amide bonds. The molecule has 1 aliphatic rings. The first-order valence-corrected chi connectivity index (χ1v) is 11.3. The van der Waals surface area contributed by atoms with E-state index in [2.05, 4.69) is 5.32 Å². The molecule has 1 N–H and O–H groups in total. The molecule has 1 fully saturated rings. The molecule has 0 aromatic heterocycles. The van der Waals surface area contributed by atoms with Crippen molar-refractivity contribution in [1.82, 2.24) is 5.32 Å². The lowest BCUT2D eigenvalue weighted by atomic mass is 9.95. The van der Waals surface area contributed by atoms with Gasteiger partial charge in [0.05, 0.1) is 36.1 Å². The number of nitrogens with one attached hydrogen (secondary N) is 1. The maximum atomic E-state index is 12.7. The van der Waals surface area contributed by atoms with E-state index in [9.17, 15) is 18.0 Å². The molecular formula is C21H23ClN2O6S. The second-order valence-corrected chi connectivity index (χ2v) is 9.97. The van der Waals surface area contributed by atoms with Crippen LogP contribution in [-0.2, 0) is 21.4 Å². The summed E-state index contributed by atoms with van der Waals surface area (Å²) in [4.78, 5) is 25.3. The number of halogens is 1. The lowest BCUT2D eigenvalue weighted by molar-refractivity contribution is -0.123. The number of hydrogen-bond acceptors (Lipinski definition) is 6. The van der Waals surface area contributed by atoms with E-state index >= 15 is 0 Å². The number of carbonyl (C=O) groups excluding carboxylic acids is 2. The molecule has 31 heavy (non-hydrogen) atoms. The minimum atomic E-state index is -3.89. The third-order valence-electron chi connectivity index (χ3n) is 4.91. The summed E-state index contributed by atoms with van der Waals surface area (Å²) in [5.41, 5.74) is -0.156. The van der Waals surface area contributed by atoms with E-state index in [1.54, 1.807) is 32.0 Å². The van der Waals surface area contributed by atoms with Crippen molar-refractivity contribution in [3.05, 3.63) is 52.5 Å². The highest BCUT2D eigenvalue weighted by Gasteiger charge is 2.50. The summed E-state index contributed by atoms with van der Waals surface area (Å²) in [7, 11) is -0.840. The molecule has 0 bridgehead atoms. The molecule has 2 aromatic carbocycles. The number of carbonyl (C=O) groups is 2. The summed E-state index contributed by atoms with van der Waals surface area (Å²) in [6.07, 6.45) is 0. The molecule has 1 heterocycles. The molecule has 1 aliphatic heterocycles. The van der Waals surface area contributed by atoms with E-state index < -0.39 is 27.3 Å². The Kier molecular flexibility index (Phi) is 6.20. The van der Waals surface area contributed by atoms with Crippen molar-refractivity contribution in [1.29, 1.82) is 0 Å². The van der Waals surface area contributed by atoms with Crippen LogP contribution in [0.2, 0.25) is 5.02 Å². The van der Waals surface area contributed by atoms with E-state index in [0.717, 1.165) is 5.56 Å². The lowest BCUT2D eigenvalue weighted by Crippen LogP contribution is -2.33. The van der Waals surface area contributed by atoms with E-state index in [0.29, 0.717) is 15.8 Å². The van der Waals surface area contributed by atoms with Crippen LogP contribution >= 0.6 is 11.6 Å². The van der Waals surface area contributed by atoms with E-state index in [4.69, 9.17) is 21.1 Å². The first-order chi connectivity index (χ1) is 14.5. The summed E-state index contributed by atoms with van der Waals surface area (Å²) >= 11 is 6.19. The number of ether oxygens (including phenoxy) is 2. The predicted octanol–water partition coefficient (Wildman–Crippen LogP) is 2.99. The van der Waals surface area contributed by atoms with Gasteiger partial charge in [-0.1, -0.05) is 17.7 Å². The van der Waals surface area contributed by atoms with Crippen LogP contribution in [0, 0.1) is 5.41 Å². The maximum absolute atomic E-state index is 12.7. The molecule has 2 aromatic rings. The molecule has 0 radical (unpaired) electrons. The highest BCUT2D eigenvalue weighted by molar-refractivity contribution is 7.94. The van der Waals surface area contributed by atoms with Crippen LogP contribution in [-0.4, -0.2) is 40.2 Å². The van der Waals surface area contributed by atoms with Gasteiger partial charge < -0.3 is 14.8 Å². The molecule has 0 spiro atoms. The van der Waals surface area contributed by atoms with Gasteiger partial charge in [-0.05, 0) is 49.7 Å². The fraction of sp³-hybridized carbons (Fsp3) is 0.333. The van der Waals surface area contributed by atoms with Crippen molar-refractivity contribution in [2.45, 2.75) is 20.4 Å². The van der Waals surface area contributed by atoms with Crippen LogP contribution in [0.4, 0.5) is 5.69 Å². The molecule has 10 heteroatoms. The first-order valence-electron chi connectivity index (χ1n) is 9.36. The number of sulfonamides is 1. The molecule has 8 nitrogen and oxygen atoms in total. The summed E-state index contributed by atoms with van der Waals surface area (Å²) in [5, 5.41) is 2.82. The minimum Gasteiger partial charge on any atom is -0.493 e. The van der Waals surface area contributed by atoms with Crippen LogP contribution < -0.4 is 19.1 Å². The number of methoxy groups -OCH3 is 2. The zero-order chi connectivity index (χ0) is 23.0. The molecule has 3 rings (SSSR count). The Hall–Kier alpha value is -2.78. The summed E-state index contributed by atoms with van der Waals surface area (Å²) < 4.78 is 36.3. The van der Waals surface area contributed by atoms with E-state index in [1.807, 2.05) is 0 Å². The Labute approximate surface area is 186 Å². The van der Waals surface area contributed by atoms with Gasteiger partial charge in [-0.25, -0.2) is 12.7 Å². The Morgan fingerprint density at radius 3 is 2.39 bits per heavy atom. The maximum Gasteiger partial charge on any atom is 0.251 e. The van der Waals surface area contributed by atoms with Gasteiger partial charge in [0.2, 0.25) is 15.9 Å². The van der Waals surface area contributed by atoms with Crippen molar-refractivity contribution >= 4 is 39.1 Å². The zero-order valence-electron chi connectivity index (χ0n) is 17.6. The number of anilines is 1. The van der Waals surface area contributed by atoms with Crippen LogP contribution in [0.25, 0.3) is 0 Å². The quantitative estimate of drug-likeness (QED) is 0.702. The predicted molar refractivity (Wildman–Crippen MR) is 117 cm³/mol. The molecule has 0 aliphatic carbocycles. The Morgan fingerprint density at radius 1 is 1.13 bits per heavy atom. The van der Waals surface area contributed by atoms with Crippen LogP contribution in [0.3, 0.4) is 0 Å². The number of hydrogen-bond donors (Lipinski definition) is 1. The third-order valence-corrected chi connectivity index (χ3v) is 7.24. The van der Waals surface area contributed by atoms with Crippen LogP contribution in [0.15, 0.2) is 36.4 Å². The van der Waals surface area contributed by atoms with Gasteiger partial charge in [0.15, 0.2) is 11.5 Å². The molecule has 0 atom stereocenters. The van der Waals surface area contributed by atoms with Crippen molar-refractivity contribution < 1.29 is 27.5 Å². The number of benzene rings is 2. The first kappa shape index (κ1) is 22.9. The average molecular weight is 467 g/mol. The summed E-state index contributed by atoms with van der Waals surface area (Å²) in [5.74, 6) is -0.263. The van der Waals surface area contributed by atoms with E-state index in [-0.39, 0.29) is 28.6 Å². The molecule has 166 valence electrons. The van der Waals surface area contributed by atoms with Crippen molar-refractivity contribution in [3.8, 4) is 11.5 Å². The Balaban J connectivity index is 1.83. The van der Waals surface area contributed by atoms with Crippen LogP contribution in [0.5, 0.6) is 11.5 Å². The largest absolute Gasteiger partial charge is 0.493 e. The highest BCUT2D eigenvalue weighted by atomic mass is 35.5. The highest BCUT2D eigenvalue weighted by Crippen LogP contribution is 2.39. The second kappa shape index (κ2) is 8.39. The lowest BCUT2D eigenvalue weighted by Gasteiger charge is -2.19. The van der Waals surface area contributed by atoms with Gasteiger partial charge in [0, 0.05) is 12.1 Å². The molecule has 0 saturated carbocycles. The molecule has 0 unspecified atom stereocenters. The smallest absolute Gasteiger partial charge is 0.251 e. The zero-order valence-corrected chi connectivity index (χ0v) is 19.1.